The first-order valence-corrected chi connectivity index (χ1v) is 7.79. The van der Waals surface area contributed by atoms with Crippen LogP contribution in [-0.4, -0.2) is 43.7 Å². The van der Waals surface area contributed by atoms with Gasteiger partial charge in [0.2, 0.25) is 5.91 Å². The molecule has 0 spiro atoms. The standard InChI is InChI=1S/C17H23NO3/c1-18(17(19)11-14-6-4-9-20-14)12-16-15-7-3-2-5-13(15)8-10-21-16/h2-3,5,7,14,16H,4,6,8-12H2,1H3. The lowest BCUT2D eigenvalue weighted by Gasteiger charge is -2.30. The molecule has 2 heterocycles. The summed E-state index contributed by atoms with van der Waals surface area (Å²) in [6, 6.07) is 8.36. The molecule has 1 amide bonds. The third-order valence-corrected chi connectivity index (χ3v) is 4.38. The molecule has 4 nitrogen and oxygen atoms in total. The smallest absolute Gasteiger partial charge is 0.225 e. The van der Waals surface area contributed by atoms with Gasteiger partial charge in [-0.3, -0.25) is 4.79 Å². The molecule has 1 saturated heterocycles. The fraction of sp³-hybridized carbons (Fsp3) is 0.588. The molecule has 0 bridgehead atoms. The van der Waals surface area contributed by atoms with Crippen molar-refractivity contribution in [1.29, 1.82) is 0 Å². The number of carbonyl (C=O) groups is 1. The third-order valence-electron chi connectivity index (χ3n) is 4.38. The molecule has 2 atom stereocenters. The quantitative estimate of drug-likeness (QED) is 0.854. The normalized spacial score (nSPS) is 24.6. The van der Waals surface area contributed by atoms with Gasteiger partial charge < -0.3 is 14.4 Å². The van der Waals surface area contributed by atoms with Crippen LogP contribution in [0.4, 0.5) is 0 Å². The molecule has 21 heavy (non-hydrogen) atoms. The number of likely N-dealkylation sites (N-methyl/N-ethyl adjacent to an activating group) is 1. The van der Waals surface area contributed by atoms with E-state index in [4.69, 9.17) is 9.47 Å². The van der Waals surface area contributed by atoms with Crippen LogP contribution in [0.2, 0.25) is 0 Å². The lowest BCUT2D eigenvalue weighted by Crippen LogP contribution is -2.35. The number of ether oxygens (including phenoxy) is 2. The fourth-order valence-corrected chi connectivity index (χ4v) is 3.13. The second-order valence-corrected chi connectivity index (χ2v) is 5.92. The van der Waals surface area contributed by atoms with Gasteiger partial charge in [-0.1, -0.05) is 24.3 Å². The number of amides is 1. The van der Waals surface area contributed by atoms with Crippen LogP contribution in [0.15, 0.2) is 24.3 Å². The van der Waals surface area contributed by atoms with E-state index >= 15 is 0 Å². The van der Waals surface area contributed by atoms with Crippen LogP contribution in [0.3, 0.4) is 0 Å². The Morgan fingerprint density at radius 3 is 2.95 bits per heavy atom. The molecule has 1 aromatic carbocycles. The average molecular weight is 289 g/mol. The van der Waals surface area contributed by atoms with E-state index in [1.807, 2.05) is 13.1 Å². The van der Waals surface area contributed by atoms with E-state index in [9.17, 15) is 4.79 Å². The number of benzene rings is 1. The molecular weight excluding hydrogens is 266 g/mol. The van der Waals surface area contributed by atoms with Crippen molar-refractivity contribution in [2.24, 2.45) is 0 Å². The van der Waals surface area contributed by atoms with Crippen molar-refractivity contribution in [3.8, 4) is 0 Å². The van der Waals surface area contributed by atoms with Crippen molar-refractivity contribution < 1.29 is 14.3 Å². The average Bonchev–Trinajstić information content (AvgIpc) is 3.00. The Morgan fingerprint density at radius 2 is 2.14 bits per heavy atom. The maximum Gasteiger partial charge on any atom is 0.225 e. The van der Waals surface area contributed by atoms with Crippen molar-refractivity contribution in [1.82, 2.24) is 4.90 Å². The summed E-state index contributed by atoms with van der Waals surface area (Å²) in [7, 11) is 1.86. The van der Waals surface area contributed by atoms with Gasteiger partial charge in [-0.15, -0.1) is 0 Å². The number of fused-ring (bicyclic) bond motifs is 1. The molecule has 1 fully saturated rings. The number of rotatable bonds is 4. The van der Waals surface area contributed by atoms with Gasteiger partial charge in [0.1, 0.15) is 6.10 Å². The van der Waals surface area contributed by atoms with Crippen molar-refractivity contribution in [2.45, 2.75) is 37.9 Å². The topological polar surface area (TPSA) is 38.8 Å². The van der Waals surface area contributed by atoms with Gasteiger partial charge in [-0.25, -0.2) is 0 Å². The summed E-state index contributed by atoms with van der Waals surface area (Å²) < 4.78 is 11.4. The summed E-state index contributed by atoms with van der Waals surface area (Å²) in [5.41, 5.74) is 2.56. The highest BCUT2D eigenvalue weighted by Crippen LogP contribution is 2.27. The molecule has 2 unspecified atom stereocenters. The van der Waals surface area contributed by atoms with Crippen molar-refractivity contribution >= 4 is 5.91 Å². The van der Waals surface area contributed by atoms with Gasteiger partial charge >= 0.3 is 0 Å². The van der Waals surface area contributed by atoms with Crippen molar-refractivity contribution in [2.75, 3.05) is 26.8 Å². The zero-order valence-electron chi connectivity index (χ0n) is 12.6. The molecule has 3 rings (SSSR count). The van der Waals surface area contributed by atoms with Crippen LogP contribution in [0.5, 0.6) is 0 Å². The first-order chi connectivity index (χ1) is 10.2. The molecule has 4 heteroatoms. The van der Waals surface area contributed by atoms with Crippen LogP contribution < -0.4 is 0 Å². The Labute approximate surface area is 126 Å². The first-order valence-electron chi connectivity index (χ1n) is 7.79. The zero-order valence-corrected chi connectivity index (χ0v) is 12.6. The Hall–Kier alpha value is -1.39. The highest BCUT2D eigenvalue weighted by molar-refractivity contribution is 5.76. The highest BCUT2D eigenvalue weighted by Gasteiger charge is 2.25. The number of hydrogen-bond donors (Lipinski definition) is 0. The van der Waals surface area contributed by atoms with E-state index in [1.165, 1.54) is 11.1 Å². The van der Waals surface area contributed by atoms with Gasteiger partial charge in [0.05, 0.1) is 25.7 Å². The lowest BCUT2D eigenvalue weighted by molar-refractivity contribution is -0.134. The second kappa shape index (κ2) is 6.58. The Morgan fingerprint density at radius 1 is 1.29 bits per heavy atom. The lowest BCUT2D eigenvalue weighted by atomic mass is 9.97. The van der Waals surface area contributed by atoms with Crippen LogP contribution in [-0.2, 0) is 20.7 Å². The maximum atomic E-state index is 12.3. The van der Waals surface area contributed by atoms with Gasteiger partial charge in [0.15, 0.2) is 0 Å². The molecule has 2 aliphatic rings. The minimum Gasteiger partial charge on any atom is -0.378 e. The van der Waals surface area contributed by atoms with E-state index in [0.717, 1.165) is 32.5 Å². The van der Waals surface area contributed by atoms with E-state index in [-0.39, 0.29) is 18.1 Å². The third kappa shape index (κ3) is 3.44. The van der Waals surface area contributed by atoms with Gasteiger partial charge in [-0.05, 0) is 30.4 Å². The van der Waals surface area contributed by atoms with Crippen LogP contribution in [0.25, 0.3) is 0 Å². The molecule has 0 radical (unpaired) electrons. The number of hydrogen-bond acceptors (Lipinski definition) is 3. The molecule has 2 aliphatic heterocycles. The number of nitrogens with zero attached hydrogens (tertiary/aromatic N) is 1. The first kappa shape index (κ1) is 14.5. The van der Waals surface area contributed by atoms with Crippen LogP contribution in [0, 0.1) is 0 Å². The summed E-state index contributed by atoms with van der Waals surface area (Å²) in [5.74, 6) is 0.147. The Kier molecular flexibility index (Phi) is 4.56. The molecular formula is C17H23NO3. The highest BCUT2D eigenvalue weighted by atomic mass is 16.5. The monoisotopic (exact) mass is 289 g/mol. The zero-order chi connectivity index (χ0) is 14.7. The number of carbonyl (C=O) groups excluding carboxylic acids is 1. The predicted octanol–water partition coefficient (Wildman–Crippen LogP) is 2.33. The SMILES string of the molecule is CN(CC1OCCc2ccccc21)C(=O)CC1CCCO1. The molecule has 0 aliphatic carbocycles. The molecule has 1 aromatic rings. The summed E-state index contributed by atoms with van der Waals surface area (Å²) in [4.78, 5) is 14.1. The molecule has 0 aromatic heterocycles. The van der Waals surface area contributed by atoms with E-state index in [2.05, 4.69) is 18.2 Å². The Balaban J connectivity index is 1.59. The van der Waals surface area contributed by atoms with E-state index in [1.54, 1.807) is 4.90 Å². The molecule has 0 saturated carbocycles. The van der Waals surface area contributed by atoms with Gasteiger partial charge in [0, 0.05) is 13.7 Å². The van der Waals surface area contributed by atoms with Gasteiger partial charge in [0.25, 0.3) is 0 Å². The van der Waals surface area contributed by atoms with Crippen LogP contribution in [0.1, 0.15) is 36.5 Å². The molecule has 114 valence electrons. The van der Waals surface area contributed by atoms with Gasteiger partial charge in [-0.2, -0.15) is 0 Å². The summed E-state index contributed by atoms with van der Waals surface area (Å²) in [5, 5.41) is 0. The van der Waals surface area contributed by atoms with Crippen molar-refractivity contribution in [3.63, 3.8) is 0 Å². The summed E-state index contributed by atoms with van der Waals surface area (Å²) in [6.45, 7) is 2.14. The van der Waals surface area contributed by atoms with Crippen LogP contribution >= 0.6 is 0 Å². The minimum atomic E-state index is -0.00611. The summed E-state index contributed by atoms with van der Waals surface area (Å²) >= 11 is 0. The van der Waals surface area contributed by atoms with E-state index in [0.29, 0.717) is 13.0 Å². The maximum absolute atomic E-state index is 12.3. The Bertz CT molecular complexity index is 497. The summed E-state index contributed by atoms with van der Waals surface area (Å²) in [6.07, 6.45) is 3.63. The fourth-order valence-electron chi connectivity index (χ4n) is 3.13. The molecule has 0 N–H and O–H groups in total. The predicted molar refractivity (Wildman–Crippen MR) is 80.1 cm³/mol. The largest absolute Gasteiger partial charge is 0.378 e. The van der Waals surface area contributed by atoms with Crippen molar-refractivity contribution in [3.05, 3.63) is 35.4 Å². The van der Waals surface area contributed by atoms with E-state index < -0.39 is 0 Å². The second-order valence-electron chi connectivity index (χ2n) is 5.92. The minimum absolute atomic E-state index is 0.00611.